The quantitative estimate of drug-likeness (QED) is 0.187. The number of ether oxygens (including phenoxy) is 2. The fourth-order valence-electron chi connectivity index (χ4n) is 16.2. The summed E-state index contributed by atoms with van der Waals surface area (Å²) >= 11 is 27.2. The van der Waals surface area contributed by atoms with E-state index in [1.54, 1.807) is 24.3 Å². The number of esters is 2. The van der Waals surface area contributed by atoms with Gasteiger partial charge in [0, 0.05) is 33.5 Å². The van der Waals surface area contributed by atoms with Crippen molar-refractivity contribution in [1.29, 1.82) is 0 Å². The van der Waals surface area contributed by atoms with Gasteiger partial charge in [0.25, 0.3) is 0 Å². The second-order valence-corrected chi connectivity index (χ2v) is 23.9. The molecule has 8 aliphatic rings. The molecule has 4 N–H and O–H groups in total. The van der Waals surface area contributed by atoms with Crippen LogP contribution in [0.1, 0.15) is 114 Å². The van der Waals surface area contributed by atoms with Crippen LogP contribution in [-0.4, -0.2) is 95.7 Å². The van der Waals surface area contributed by atoms with Crippen molar-refractivity contribution >= 4 is 81.5 Å². The fourth-order valence-corrected chi connectivity index (χ4v) is 17.6. The molecule has 2 heterocycles. The van der Waals surface area contributed by atoms with E-state index >= 15 is 0 Å². The van der Waals surface area contributed by atoms with Gasteiger partial charge in [0.15, 0.2) is 34.3 Å². The Morgan fingerprint density at radius 3 is 1.34 bits per heavy atom. The zero-order chi connectivity index (χ0) is 50.8. The number of carbonyl (C=O) groups is 6. The predicted octanol–water partition coefficient (Wildman–Crippen LogP) is 8.91. The molecule has 71 heavy (non-hydrogen) atoms. The Balaban J connectivity index is 0.000000188. The summed E-state index contributed by atoms with van der Waals surface area (Å²) in [6.07, 6.45) is 14.9. The first-order valence-corrected chi connectivity index (χ1v) is 26.1. The lowest BCUT2D eigenvalue weighted by Gasteiger charge is -2.64. The van der Waals surface area contributed by atoms with E-state index in [2.05, 4.69) is 0 Å². The first-order chi connectivity index (χ1) is 32.9. The van der Waals surface area contributed by atoms with E-state index < -0.39 is 66.8 Å². The maximum atomic E-state index is 13.6. The number of Topliss-reactive ketones (excluding diaryl/α,β-unsaturated/α-hetero) is 2. The summed E-state index contributed by atoms with van der Waals surface area (Å²) in [4.78, 5) is 75.4. The molecule has 0 radical (unpaired) electrons. The molecule has 0 spiro atoms. The van der Waals surface area contributed by atoms with Crippen LogP contribution in [0.15, 0.2) is 93.2 Å². The van der Waals surface area contributed by atoms with E-state index in [-0.39, 0.29) is 100 Å². The van der Waals surface area contributed by atoms with E-state index in [1.807, 2.05) is 53.7 Å². The first-order valence-electron chi connectivity index (χ1n) is 24.3. The molecule has 6 fully saturated rings. The highest BCUT2D eigenvalue weighted by Gasteiger charge is 2.78. The van der Waals surface area contributed by atoms with Crippen LogP contribution in [0.3, 0.4) is 0 Å². The Hall–Kier alpha value is -3.82. The number of ketones is 4. The number of furan rings is 2. The molecule has 17 heteroatoms. The van der Waals surface area contributed by atoms with Gasteiger partial charge in [0.1, 0.15) is 0 Å². The van der Waals surface area contributed by atoms with Crippen molar-refractivity contribution in [2.24, 2.45) is 57.2 Å². The van der Waals surface area contributed by atoms with Crippen LogP contribution in [-0.2, 0) is 28.7 Å². The highest BCUT2D eigenvalue weighted by molar-refractivity contribution is 6.30. The Morgan fingerprint density at radius 2 is 1.01 bits per heavy atom. The Kier molecular flexibility index (Phi) is 13.7. The standard InChI is InChI=1S/2C27H30Cl2O6.H2O/c2*1-15-11-19-18-7-6-16-12-17(30)8-9-24(16,2)26(18,29)21(31)13-25(19,3)27(15,22(32)14-28)35-23(33)20-5-4-10-34-20;/h2*4-5,8-10,12,15,18-19,21,31H,6-7,11,13-14H2,1-3H3;1H2/t2*15-,18+,19+,21+,24+,25+,26+,27+;/m11./s1. The number of alkyl halides is 4. The Morgan fingerprint density at radius 1 is 0.648 bits per heavy atom. The summed E-state index contributed by atoms with van der Waals surface area (Å²) in [5.41, 5.74) is -4.40. The summed E-state index contributed by atoms with van der Waals surface area (Å²) in [6, 6.07) is 6.15. The second kappa shape index (κ2) is 18.2. The summed E-state index contributed by atoms with van der Waals surface area (Å²) < 4.78 is 22.7. The number of hydrogen-bond acceptors (Lipinski definition) is 12. The zero-order valence-electron chi connectivity index (χ0n) is 40.6. The van der Waals surface area contributed by atoms with Crippen LogP contribution in [0.2, 0.25) is 0 Å². The van der Waals surface area contributed by atoms with Crippen molar-refractivity contribution in [3.8, 4) is 0 Å². The van der Waals surface area contributed by atoms with Crippen molar-refractivity contribution < 1.29 is 62.8 Å². The highest BCUT2D eigenvalue weighted by atomic mass is 35.5. The molecule has 0 aliphatic heterocycles. The third-order valence-corrected chi connectivity index (χ3v) is 21.7. The molecule has 2 aromatic heterocycles. The van der Waals surface area contributed by atoms with Crippen LogP contribution in [0.5, 0.6) is 0 Å². The molecule has 10 rings (SSSR count). The molecule has 0 aromatic carbocycles. The number of hydrogen-bond donors (Lipinski definition) is 2. The predicted molar refractivity (Wildman–Crippen MR) is 264 cm³/mol. The number of halogens is 4. The third-order valence-electron chi connectivity index (χ3n) is 19.4. The van der Waals surface area contributed by atoms with E-state index in [0.29, 0.717) is 38.5 Å². The molecule has 6 saturated carbocycles. The number of fused-ring (bicyclic) bond motifs is 10. The summed E-state index contributed by atoms with van der Waals surface area (Å²) in [7, 11) is 0. The van der Waals surface area contributed by atoms with Crippen molar-refractivity contribution in [1.82, 2.24) is 0 Å². The minimum absolute atomic E-state index is 0. The van der Waals surface area contributed by atoms with Gasteiger partial charge in [-0.05, 0) is 124 Å². The highest BCUT2D eigenvalue weighted by Crippen LogP contribution is 2.74. The average Bonchev–Trinajstić information content (AvgIpc) is 4.14. The number of aliphatic hydroxyl groups is 2. The van der Waals surface area contributed by atoms with Crippen LogP contribution in [0.4, 0.5) is 0 Å². The van der Waals surface area contributed by atoms with Gasteiger partial charge in [-0.15, -0.1) is 46.4 Å². The lowest BCUT2D eigenvalue weighted by Crippen LogP contribution is -2.69. The lowest BCUT2D eigenvalue weighted by atomic mass is 9.45. The van der Waals surface area contributed by atoms with Crippen LogP contribution in [0, 0.1) is 57.2 Å². The minimum Gasteiger partial charge on any atom is -0.457 e. The number of rotatable bonds is 8. The minimum atomic E-state index is -1.53. The molecule has 0 amide bonds. The van der Waals surface area contributed by atoms with E-state index in [9.17, 15) is 39.0 Å². The third kappa shape index (κ3) is 7.08. The van der Waals surface area contributed by atoms with Crippen molar-refractivity contribution in [2.75, 3.05) is 11.8 Å². The summed E-state index contributed by atoms with van der Waals surface area (Å²) in [6.45, 7) is 11.6. The molecular weight excluding hydrogens is 998 g/mol. The van der Waals surface area contributed by atoms with E-state index in [1.165, 1.54) is 36.8 Å². The number of carbonyl (C=O) groups excluding carboxylic acids is 6. The van der Waals surface area contributed by atoms with Gasteiger partial charge in [-0.25, -0.2) is 9.59 Å². The van der Waals surface area contributed by atoms with Gasteiger partial charge in [0.05, 0.1) is 46.2 Å². The molecule has 0 bridgehead atoms. The smallest absolute Gasteiger partial charge is 0.375 e. The molecule has 384 valence electrons. The van der Waals surface area contributed by atoms with Crippen LogP contribution in [0.25, 0.3) is 0 Å². The molecule has 0 unspecified atom stereocenters. The monoisotopic (exact) mass is 1060 g/mol. The summed E-state index contributed by atoms with van der Waals surface area (Å²) in [5.74, 6) is -4.24. The molecule has 2 aromatic rings. The summed E-state index contributed by atoms with van der Waals surface area (Å²) in [5, 5.41) is 23.5. The SMILES string of the molecule is C[C@@H]1C[C@H]2[C@@H]3CCC4=CC(=O)C=C[C@]4(C)[C@@]3(Cl)[C@@H](O)C[C@]2(C)[C@@]1(OC(=O)c1ccco1)C(=O)CCl.C[C@@H]1C[C@H]2[C@@H]3CCC4=CC(=O)C=C[C@]4(C)[C@@]3(Cl)[C@@H](O)C[C@]2(C)[C@@]1(OC(=O)c1ccco1)C(=O)CCl.O. The van der Waals surface area contributed by atoms with Gasteiger partial charge in [-0.2, -0.15) is 0 Å². The van der Waals surface area contributed by atoms with Crippen molar-refractivity contribution in [2.45, 2.75) is 126 Å². The normalized spacial score (nSPS) is 43.5. The van der Waals surface area contributed by atoms with Gasteiger partial charge in [-0.1, -0.05) is 64.8 Å². The van der Waals surface area contributed by atoms with E-state index in [0.717, 1.165) is 11.1 Å². The van der Waals surface area contributed by atoms with Crippen LogP contribution < -0.4 is 0 Å². The molecule has 8 aliphatic carbocycles. The van der Waals surface area contributed by atoms with E-state index in [4.69, 9.17) is 64.7 Å². The van der Waals surface area contributed by atoms with Crippen molar-refractivity contribution in [3.05, 3.63) is 95.9 Å². The Bertz CT molecular complexity index is 2460. The molecule has 0 saturated heterocycles. The zero-order valence-corrected chi connectivity index (χ0v) is 43.6. The lowest BCUT2D eigenvalue weighted by molar-refractivity contribution is -0.177. The van der Waals surface area contributed by atoms with Gasteiger partial charge in [-0.3, -0.25) is 19.2 Å². The molecular formula is C54H62Cl4O13. The van der Waals surface area contributed by atoms with Crippen LogP contribution >= 0.6 is 46.4 Å². The maximum absolute atomic E-state index is 13.6. The van der Waals surface area contributed by atoms with Gasteiger partial charge < -0.3 is 34.0 Å². The first kappa shape index (κ1) is 53.5. The topological polar surface area (TPSA) is 219 Å². The Labute approximate surface area is 433 Å². The van der Waals surface area contributed by atoms with Gasteiger partial charge >= 0.3 is 11.9 Å². The second-order valence-electron chi connectivity index (χ2n) is 22.1. The fraction of sp³-hybridized carbons (Fsp3) is 0.593. The largest absolute Gasteiger partial charge is 0.457 e. The molecule has 13 nitrogen and oxygen atoms in total. The van der Waals surface area contributed by atoms with Crippen molar-refractivity contribution in [3.63, 3.8) is 0 Å². The average molecular weight is 1060 g/mol. The maximum Gasteiger partial charge on any atom is 0.375 e. The van der Waals surface area contributed by atoms with Gasteiger partial charge in [0.2, 0.25) is 11.5 Å². The molecule has 16 atom stereocenters. The number of aliphatic hydroxyl groups excluding tert-OH is 2. The number of allylic oxidation sites excluding steroid dienone is 8.